The number of esters is 1. The molecule has 1 rings (SSSR count). The Balaban J connectivity index is 2.20. The Bertz CT molecular complexity index is 435. The summed E-state index contributed by atoms with van der Waals surface area (Å²) in [5.74, 6) is -0.155. The molecule has 0 N–H and O–H groups in total. The average Bonchev–Trinajstić information content (AvgIpc) is 2.41. The fourth-order valence-electron chi connectivity index (χ4n) is 1.57. The van der Waals surface area contributed by atoms with E-state index in [0.29, 0.717) is 19.6 Å². The maximum absolute atomic E-state index is 11.7. The Morgan fingerprint density at radius 3 is 2.33 bits per heavy atom. The van der Waals surface area contributed by atoms with Crippen LogP contribution in [0.1, 0.15) is 39.2 Å². The number of ether oxygens (including phenoxy) is 1. The zero-order valence-electron chi connectivity index (χ0n) is 13.9. The minimum Gasteiger partial charge on any atom is -0.461 e. The van der Waals surface area contributed by atoms with Crippen molar-refractivity contribution in [3.05, 3.63) is 35.9 Å². The van der Waals surface area contributed by atoms with Gasteiger partial charge in [0.25, 0.3) is 0 Å². The smallest absolute Gasteiger partial charge is 0.306 e. The van der Waals surface area contributed by atoms with Crippen molar-refractivity contribution in [1.29, 1.82) is 0 Å². The fraction of sp³-hybridized carbons (Fsp3) is 0.588. The molecule has 1 aromatic rings. The molecule has 0 heterocycles. The second kappa shape index (κ2) is 7.76. The largest absolute Gasteiger partial charge is 0.461 e. The van der Waals surface area contributed by atoms with Gasteiger partial charge in [-0.05, 0) is 30.1 Å². The monoisotopic (exact) mass is 308 g/mol. The van der Waals surface area contributed by atoms with Crippen LogP contribution in [0.4, 0.5) is 0 Å². The highest BCUT2D eigenvalue weighted by Gasteiger charge is 2.36. The van der Waals surface area contributed by atoms with Crippen molar-refractivity contribution in [1.82, 2.24) is 0 Å². The third-order valence-electron chi connectivity index (χ3n) is 4.04. The third-order valence-corrected chi connectivity index (χ3v) is 8.58. The Labute approximate surface area is 129 Å². The molecule has 0 aliphatic rings. The van der Waals surface area contributed by atoms with Crippen molar-refractivity contribution in [2.75, 3.05) is 6.61 Å². The topological polar surface area (TPSA) is 35.5 Å². The van der Waals surface area contributed by atoms with Crippen LogP contribution in [0.5, 0.6) is 0 Å². The van der Waals surface area contributed by atoms with E-state index in [9.17, 15) is 4.79 Å². The maximum atomic E-state index is 11.7. The average molecular weight is 308 g/mol. The molecule has 118 valence electrons. The van der Waals surface area contributed by atoms with Crippen LogP contribution in [-0.2, 0) is 20.6 Å². The molecule has 0 fully saturated rings. The molecular formula is C17H28O3Si. The SMILES string of the molecule is CC(C)(C)[Si](C)(C)OCCCC(=O)OCc1ccccc1. The molecule has 21 heavy (non-hydrogen) atoms. The van der Waals surface area contributed by atoms with Gasteiger partial charge in [-0.3, -0.25) is 4.79 Å². The van der Waals surface area contributed by atoms with Gasteiger partial charge in [0.1, 0.15) is 6.61 Å². The minimum absolute atomic E-state index is 0.155. The van der Waals surface area contributed by atoms with E-state index in [2.05, 4.69) is 33.9 Å². The summed E-state index contributed by atoms with van der Waals surface area (Å²) in [6.45, 7) is 12.1. The highest BCUT2D eigenvalue weighted by Crippen LogP contribution is 2.36. The lowest BCUT2D eigenvalue weighted by Crippen LogP contribution is -2.41. The molecule has 0 aromatic heterocycles. The van der Waals surface area contributed by atoms with E-state index in [-0.39, 0.29) is 11.0 Å². The van der Waals surface area contributed by atoms with E-state index in [4.69, 9.17) is 9.16 Å². The van der Waals surface area contributed by atoms with Crippen LogP contribution in [0, 0.1) is 0 Å². The standard InChI is InChI=1S/C17H28O3Si/c1-17(2,3)21(4,5)20-13-9-12-16(18)19-14-15-10-7-6-8-11-15/h6-8,10-11H,9,12-14H2,1-5H3. The number of hydrogen-bond donors (Lipinski definition) is 0. The third kappa shape index (κ3) is 6.44. The molecule has 4 heteroatoms. The van der Waals surface area contributed by atoms with Crippen molar-refractivity contribution < 1.29 is 14.0 Å². The molecule has 0 radical (unpaired) electrons. The summed E-state index contributed by atoms with van der Waals surface area (Å²) >= 11 is 0. The molecule has 0 aliphatic carbocycles. The van der Waals surface area contributed by atoms with E-state index in [1.54, 1.807) is 0 Å². The summed E-state index contributed by atoms with van der Waals surface area (Å²) in [5, 5.41) is 0.209. The molecule has 0 bridgehead atoms. The summed E-state index contributed by atoms with van der Waals surface area (Å²) in [6.07, 6.45) is 1.14. The highest BCUT2D eigenvalue weighted by atomic mass is 28.4. The molecule has 0 amide bonds. The Morgan fingerprint density at radius 1 is 1.14 bits per heavy atom. The number of benzene rings is 1. The molecule has 0 atom stereocenters. The Kier molecular flexibility index (Phi) is 6.62. The van der Waals surface area contributed by atoms with Crippen LogP contribution in [0.2, 0.25) is 18.1 Å². The van der Waals surface area contributed by atoms with E-state index >= 15 is 0 Å². The number of carbonyl (C=O) groups is 1. The first kappa shape index (κ1) is 17.9. The lowest BCUT2D eigenvalue weighted by Gasteiger charge is -2.36. The van der Waals surface area contributed by atoms with Crippen LogP contribution in [0.25, 0.3) is 0 Å². The molecule has 0 saturated heterocycles. The zero-order valence-corrected chi connectivity index (χ0v) is 14.9. The molecule has 1 aromatic carbocycles. The van der Waals surface area contributed by atoms with Crippen LogP contribution in [-0.4, -0.2) is 20.9 Å². The van der Waals surface area contributed by atoms with Gasteiger partial charge in [-0.25, -0.2) is 0 Å². The van der Waals surface area contributed by atoms with E-state index in [0.717, 1.165) is 12.0 Å². The van der Waals surface area contributed by atoms with Gasteiger partial charge in [-0.2, -0.15) is 0 Å². The Morgan fingerprint density at radius 2 is 1.76 bits per heavy atom. The van der Waals surface area contributed by atoms with E-state index < -0.39 is 8.32 Å². The summed E-state index contributed by atoms with van der Waals surface area (Å²) in [6, 6.07) is 9.73. The minimum atomic E-state index is -1.70. The number of rotatable bonds is 7. The lowest BCUT2D eigenvalue weighted by molar-refractivity contribution is -0.145. The molecular weight excluding hydrogens is 280 g/mol. The van der Waals surface area contributed by atoms with Crippen LogP contribution in [0.15, 0.2) is 30.3 Å². The summed E-state index contributed by atoms with van der Waals surface area (Å²) in [7, 11) is -1.70. The van der Waals surface area contributed by atoms with Crippen molar-refractivity contribution in [2.24, 2.45) is 0 Å². The predicted octanol–water partition coefficient (Wildman–Crippen LogP) is 4.53. The van der Waals surface area contributed by atoms with Gasteiger partial charge in [-0.1, -0.05) is 51.1 Å². The fourth-order valence-corrected chi connectivity index (χ4v) is 2.66. The Hall–Kier alpha value is -1.13. The van der Waals surface area contributed by atoms with Crippen LogP contribution in [0.3, 0.4) is 0 Å². The number of hydrogen-bond acceptors (Lipinski definition) is 3. The summed E-state index contributed by atoms with van der Waals surface area (Å²) in [5.41, 5.74) is 1.02. The first-order valence-electron chi connectivity index (χ1n) is 7.56. The van der Waals surface area contributed by atoms with Crippen molar-refractivity contribution in [3.63, 3.8) is 0 Å². The second-order valence-electron chi connectivity index (χ2n) is 6.86. The summed E-state index contributed by atoms with van der Waals surface area (Å²) in [4.78, 5) is 11.7. The molecule has 0 saturated carbocycles. The zero-order chi connectivity index (χ0) is 15.9. The van der Waals surface area contributed by atoms with Crippen LogP contribution >= 0.6 is 0 Å². The molecule has 0 spiro atoms. The van der Waals surface area contributed by atoms with Crippen molar-refractivity contribution in [3.8, 4) is 0 Å². The van der Waals surface area contributed by atoms with Gasteiger partial charge in [0.15, 0.2) is 8.32 Å². The maximum Gasteiger partial charge on any atom is 0.306 e. The number of carbonyl (C=O) groups excluding carboxylic acids is 1. The van der Waals surface area contributed by atoms with E-state index in [1.165, 1.54) is 0 Å². The molecule has 0 aliphatic heterocycles. The van der Waals surface area contributed by atoms with Gasteiger partial charge >= 0.3 is 5.97 Å². The first-order valence-corrected chi connectivity index (χ1v) is 10.5. The molecule has 3 nitrogen and oxygen atoms in total. The van der Waals surface area contributed by atoms with Gasteiger partial charge in [0.05, 0.1) is 0 Å². The van der Waals surface area contributed by atoms with E-state index in [1.807, 2.05) is 30.3 Å². The normalized spacial score (nSPS) is 12.2. The van der Waals surface area contributed by atoms with Crippen LogP contribution < -0.4 is 0 Å². The van der Waals surface area contributed by atoms with Gasteiger partial charge in [0, 0.05) is 13.0 Å². The highest BCUT2D eigenvalue weighted by molar-refractivity contribution is 6.74. The second-order valence-corrected chi connectivity index (χ2v) is 11.7. The molecule has 0 unspecified atom stereocenters. The quantitative estimate of drug-likeness (QED) is 0.422. The predicted molar refractivity (Wildman–Crippen MR) is 88.6 cm³/mol. The van der Waals surface area contributed by atoms with Gasteiger partial charge in [0.2, 0.25) is 0 Å². The van der Waals surface area contributed by atoms with Crippen molar-refractivity contribution >= 4 is 14.3 Å². The van der Waals surface area contributed by atoms with Gasteiger partial charge in [-0.15, -0.1) is 0 Å². The lowest BCUT2D eigenvalue weighted by atomic mass is 10.2. The summed E-state index contributed by atoms with van der Waals surface area (Å²) < 4.78 is 11.3. The van der Waals surface area contributed by atoms with Gasteiger partial charge < -0.3 is 9.16 Å². The van der Waals surface area contributed by atoms with Crippen molar-refractivity contribution in [2.45, 2.75) is 58.4 Å². The first-order chi connectivity index (χ1) is 9.72.